The van der Waals surface area contributed by atoms with E-state index in [1.54, 1.807) is 17.2 Å². The molecule has 7 nitrogen and oxygen atoms in total. The number of fused-ring (bicyclic) bond motifs is 1. The summed E-state index contributed by atoms with van der Waals surface area (Å²) in [5.41, 5.74) is 1.93. The van der Waals surface area contributed by atoms with E-state index in [0.29, 0.717) is 36.3 Å². The zero-order valence-corrected chi connectivity index (χ0v) is 17.1. The number of rotatable bonds is 4. The molecule has 0 bridgehead atoms. The van der Waals surface area contributed by atoms with E-state index in [0.717, 1.165) is 5.56 Å². The summed E-state index contributed by atoms with van der Waals surface area (Å²) in [5, 5.41) is 0. The second-order valence-corrected chi connectivity index (χ2v) is 7.73. The SMILES string of the molecule is Cc1ccc2nc(COC(=O)[C@H]3CCCN(C(=O)c4ccc(F)cc4)C3)cc(=O)n2c1. The number of hydrogen-bond donors (Lipinski definition) is 0. The number of nitrogens with zero attached hydrogens (tertiary/aromatic N) is 3. The number of aromatic nitrogens is 2. The van der Waals surface area contributed by atoms with Crippen LogP contribution in [0.2, 0.25) is 0 Å². The number of pyridine rings is 1. The van der Waals surface area contributed by atoms with Crippen LogP contribution in [0.15, 0.2) is 53.5 Å². The molecule has 1 aromatic carbocycles. The molecule has 1 saturated heterocycles. The number of halogens is 1. The molecule has 31 heavy (non-hydrogen) atoms. The maximum absolute atomic E-state index is 13.1. The van der Waals surface area contributed by atoms with E-state index in [-0.39, 0.29) is 24.6 Å². The van der Waals surface area contributed by atoms with Gasteiger partial charge in [0.15, 0.2) is 0 Å². The maximum atomic E-state index is 13.1. The van der Waals surface area contributed by atoms with Crippen LogP contribution < -0.4 is 5.56 Å². The van der Waals surface area contributed by atoms with Crippen molar-refractivity contribution >= 4 is 17.5 Å². The van der Waals surface area contributed by atoms with Crippen molar-refractivity contribution in [2.24, 2.45) is 5.92 Å². The number of carbonyl (C=O) groups is 2. The van der Waals surface area contributed by atoms with Crippen LogP contribution in [0.4, 0.5) is 4.39 Å². The number of esters is 1. The third kappa shape index (κ3) is 4.63. The third-order valence-electron chi connectivity index (χ3n) is 5.36. The molecule has 8 heteroatoms. The Bertz CT molecular complexity index is 1190. The highest BCUT2D eigenvalue weighted by atomic mass is 19.1. The third-order valence-corrected chi connectivity index (χ3v) is 5.36. The Balaban J connectivity index is 1.40. The lowest BCUT2D eigenvalue weighted by Gasteiger charge is -2.31. The van der Waals surface area contributed by atoms with Crippen molar-refractivity contribution in [2.45, 2.75) is 26.4 Å². The van der Waals surface area contributed by atoms with Crippen LogP contribution in [-0.2, 0) is 16.1 Å². The fourth-order valence-electron chi connectivity index (χ4n) is 3.72. The predicted octanol–water partition coefficient (Wildman–Crippen LogP) is 2.74. The van der Waals surface area contributed by atoms with Gasteiger partial charge in [-0.05, 0) is 55.7 Å². The first-order chi connectivity index (χ1) is 14.9. The van der Waals surface area contributed by atoms with Gasteiger partial charge in [-0.3, -0.25) is 18.8 Å². The standard InChI is InChI=1S/C23H22FN3O4/c1-15-4-9-20-25-19(11-21(28)27(20)12-15)14-31-23(30)17-3-2-10-26(13-17)22(29)16-5-7-18(24)8-6-16/h4-9,11-12,17H,2-3,10,13-14H2,1H3/t17-/m0/s1. The van der Waals surface area contributed by atoms with Gasteiger partial charge in [-0.25, -0.2) is 9.37 Å². The van der Waals surface area contributed by atoms with Crippen molar-refractivity contribution in [3.8, 4) is 0 Å². The molecule has 1 amide bonds. The van der Waals surface area contributed by atoms with Gasteiger partial charge in [-0.15, -0.1) is 0 Å². The normalized spacial score (nSPS) is 16.3. The zero-order valence-electron chi connectivity index (χ0n) is 17.1. The van der Waals surface area contributed by atoms with Crippen molar-refractivity contribution in [2.75, 3.05) is 13.1 Å². The highest BCUT2D eigenvalue weighted by molar-refractivity contribution is 5.94. The van der Waals surface area contributed by atoms with Gasteiger partial charge >= 0.3 is 5.97 Å². The number of piperidine rings is 1. The highest BCUT2D eigenvalue weighted by Gasteiger charge is 2.30. The lowest BCUT2D eigenvalue weighted by Crippen LogP contribution is -2.42. The van der Waals surface area contributed by atoms with E-state index in [9.17, 15) is 18.8 Å². The molecular weight excluding hydrogens is 401 g/mol. The molecule has 1 fully saturated rings. The summed E-state index contributed by atoms with van der Waals surface area (Å²) in [6, 6.07) is 10.3. The molecule has 3 aromatic rings. The van der Waals surface area contributed by atoms with Gasteiger partial charge in [0.1, 0.15) is 18.1 Å². The number of hydrogen-bond acceptors (Lipinski definition) is 5. The van der Waals surface area contributed by atoms with Gasteiger partial charge in [-0.1, -0.05) is 6.07 Å². The van der Waals surface area contributed by atoms with E-state index in [1.165, 1.54) is 34.7 Å². The van der Waals surface area contributed by atoms with E-state index >= 15 is 0 Å². The zero-order chi connectivity index (χ0) is 22.0. The molecule has 4 rings (SSSR count). The minimum Gasteiger partial charge on any atom is -0.459 e. The lowest BCUT2D eigenvalue weighted by atomic mass is 9.97. The molecule has 1 aliphatic heterocycles. The number of aryl methyl sites for hydroxylation is 1. The fraction of sp³-hybridized carbons (Fsp3) is 0.304. The summed E-state index contributed by atoms with van der Waals surface area (Å²) in [6.07, 6.45) is 2.98. The Morgan fingerprint density at radius 3 is 2.74 bits per heavy atom. The minimum atomic E-state index is -0.456. The summed E-state index contributed by atoms with van der Waals surface area (Å²) in [4.78, 5) is 43.5. The summed E-state index contributed by atoms with van der Waals surface area (Å²) < 4.78 is 20.0. The molecule has 0 aliphatic carbocycles. The Kier molecular flexibility index (Phi) is 5.79. The molecule has 1 atom stereocenters. The van der Waals surface area contributed by atoms with Crippen molar-refractivity contribution in [3.05, 3.63) is 81.7 Å². The van der Waals surface area contributed by atoms with Crippen molar-refractivity contribution in [1.29, 1.82) is 0 Å². The van der Waals surface area contributed by atoms with Gasteiger partial charge in [0, 0.05) is 30.9 Å². The van der Waals surface area contributed by atoms with Gasteiger partial charge < -0.3 is 9.64 Å². The van der Waals surface area contributed by atoms with Crippen LogP contribution in [0.5, 0.6) is 0 Å². The Morgan fingerprint density at radius 1 is 1.19 bits per heavy atom. The Morgan fingerprint density at radius 2 is 1.97 bits per heavy atom. The number of carbonyl (C=O) groups excluding carboxylic acids is 2. The van der Waals surface area contributed by atoms with Crippen LogP contribution in [-0.4, -0.2) is 39.3 Å². The fourth-order valence-corrected chi connectivity index (χ4v) is 3.72. The summed E-state index contributed by atoms with van der Waals surface area (Å²) >= 11 is 0. The van der Waals surface area contributed by atoms with E-state index in [2.05, 4.69) is 4.98 Å². The van der Waals surface area contributed by atoms with Crippen molar-refractivity contribution < 1.29 is 18.7 Å². The molecule has 0 spiro atoms. The largest absolute Gasteiger partial charge is 0.459 e. The highest BCUT2D eigenvalue weighted by Crippen LogP contribution is 2.20. The molecule has 0 unspecified atom stereocenters. The van der Waals surface area contributed by atoms with Gasteiger partial charge in [0.25, 0.3) is 11.5 Å². The van der Waals surface area contributed by atoms with Crippen molar-refractivity contribution in [3.63, 3.8) is 0 Å². The van der Waals surface area contributed by atoms with Crippen LogP contribution in [0, 0.1) is 18.7 Å². The monoisotopic (exact) mass is 423 g/mol. The van der Waals surface area contributed by atoms with Gasteiger partial charge in [-0.2, -0.15) is 0 Å². The van der Waals surface area contributed by atoms with E-state index in [1.807, 2.05) is 13.0 Å². The van der Waals surface area contributed by atoms with Gasteiger partial charge in [0.05, 0.1) is 11.6 Å². The smallest absolute Gasteiger partial charge is 0.311 e. The molecule has 1 aliphatic rings. The van der Waals surface area contributed by atoms with E-state index in [4.69, 9.17) is 4.74 Å². The van der Waals surface area contributed by atoms with Crippen LogP contribution in [0.3, 0.4) is 0 Å². The molecule has 0 N–H and O–H groups in total. The summed E-state index contributed by atoms with van der Waals surface area (Å²) in [7, 11) is 0. The van der Waals surface area contributed by atoms with Gasteiger partial charge in [0.2, 0.25) is 0 Å². The number of amides is 1. The molecule has 2 aromatic heterocycles. The van der Waals surface area contributed by atoms with Crippen LogP contribution in [0.1, 0.15) is 34.5 Å². The lowest BCUT2D eigenvalue weighted by molar-refractivity contribution is -0.151. The second kappa shape index (κ2) is 8.67. The van der Waals surface area contributed by atoms with E-state index < -0.39 is 17.7 Å². The minimum absolute atomic E-state index is 0.110. The van der Waals surface area contributed by atoms with Crippen molar-refractivity contribution in [1.82, 2.24) is 14.3 Å². The predicted molar refractivity (Wildman–Crippen MR) is 111 cm³/mol. The average Bonchev–Trinajstić information content (AvgIpc) is 2.78. The first kappa shape index (κ1) is 20.7. The molecule has 3 heterocycles. The second-order valence-electron chi connectivity index (χ2n) is 7.73. The molecular formula is C23H22FN3O4. The first-order valence-corrected chi connectivity index (χ1v) is 10.1. The number of ether oxygens (including phenoxy) is 1. The Labute approximate surface area is 178 Å². The molecule has 160 valence electrons. The Hall–Kier alpha value is -3.55. The van der Waals surface area contributed by atoms with Crippen LogP contribution >= 0.6 is 0 Å². The summed E-state index contributed by atoms with van der Waals surface area (Å²) in [5.74, 6) is -1.53. The maximum Gasteiger partial charge on any atom is 0.311 e. The molecule has 0 saturated carbocycles. The van der Waals surface area contributed by atoms with Crippen LogP contribution in [0.25, 0.3) is 5.65 Å². The average molecular weight is 423 g/mol. The number of benzene rings is 1. The first-order valence-electron chi connectivity index (χ1n) is 10.1. The topological polar surface area (TPSA) is 81.0 Å². The molecule has 0 radical (unpaired) electrons. The number of likely N-dealkylation sites (tertiary alicyclic amines) is 1. The summed E-state index contributed by atoms with van der Waals surface area (Å²) in [6.45, 7) is 2.54. The quantitative estimate of drug-likeness (QED) is 0.603.